The number of nitrogen functional groups attached to an aromatic ring is 1. The van der Waals surface area contributed by atoms with Gasteiger partial charge in [0.15, 0.2) is 0 Å². The van der Waals surface area contributed by atoms with E-state index in [9.17, 15) is 9.18 Å². The molecule has 0 unspecified atom stereocenters. The molecule has 3 N–H and O–H groups in total. The van der Waals surface area contributed by atoms with E-state index in [1.54, 1.807) is 6.20 Å². The third-order valence-electron chi connectivity index (χ3n) is 2.76. The van der Waals surface area contributed by atoms with Gasteiger partial charge >= 0.3 is 0 Å². The molecule has 1 aromatic heterocycles. The molecule has 0 spiro atoms. The van der Waals surface area contributed by atoms with Crippen molar-refractivity contribution in [2.24, 2.45) is 0 Å². The SMILES string of the molecule is Cc1ccc(CNC(=O)c2cc(N)c(F)cc2Br)cn1. The summed E-state index contributed by atoms with van der Waals surface area (Å²) in [4.78, 5) is 16.2. The van der Waals surface area contributed by atoms with Crippen molar-refractivity contribution in [3.05, 3.63) is 57.6 Å². The summed E-state index contributed by atoms with van der Waals surface area (Å²) < 4.78 is 13.6. The number of rotatable bonds is 3. The van der Waals surface area contributed by atoms with Crippen molar-refractivity contribution in [1.29, 1.82) is 0 Å². The first kappa shape index (κ1) is 14.5. The van der Waals surface area contributed by atoms with Crippen LogP contribution in [0.4, 0.5) is 10.1 Å². The number of carbonyl (C=O) groups is 1. The maximum Gasteiger partial charge on any atom is 0.252 e. The van der Waals surface area contributed by atoms with E-state index in [4.69, 9.17) is 5.73 Å². The summed E-state index contributed by atoms with van der Waals surface area (Å²) in [6.45, 7) is 2.23. The molecule has 0 aliphatic carbocycles. The number of aryl methyl sites for hydroxylation is 1. The van der Waals surface area contributed by atoms with Gasteiger partial charge in [0.25, 0.3) is 5.91 Å². The van der Waals surface area contributed by atoms with Crippen molar-refractivity contribution in [2.45, 2.75) is 13.5 Å². The summed E-state index contributed by atoms with van der Waals surface area (Å²) in [6, 6.07) is 6.24. The van der Waals surface area contributed by atoms with Crippen LogP contribution in [0.25, 0.3) is 0 Å². The minimum Gasteiger partial charge on any atom is -0.396 e. The topological polar surface area (TPSA) is 68.0 Å². The van der Waals surface area contributed by atoms with E-state index < -0.39 is 5.82 Å². The lowest BCUT2D eigenvalue weighted by molar-refractivity contribution is 0.0950. The summed E-state index contributed by atoms with van der Waals surface area (Å²) in [5.74, 6) is -0.889. The molecule has 0 saturated carbocycles. The second kappa shape index (κ2) is 6.00. The first-order valence-electron chi connectivity index (χ1n) is 5.91. The number of nitrogens with zero attached hydrogens (tertiary/aromatic N) is 1. The quantitative estimate of drug-likeness (QED) is 0.846. The number of pyridine rings is 1. The molecule has 1 amide bonds. The summed E-state index contributed by atoms with van der Waals surface area (Å²) in [7, 11) is 0. The fourth-order valence-corrected chi connectivity index (χ4v) is 2.12. The van der Waals surface area contributed by atoms with E-state index in [1.165, 1.54) is 12.1 Å². The molecular formula is C14H13BrFN3O. The third kappa shape index (κ3) is 3.33. The van der Waals surface area contributed by atoms with Gasteiger partial charge in [-0.1, -0.05) is 6.07 Å². The van der Waals surface area contributed by atoms with Crippen LogP contribution in [0.5, 0.6) is 0 Å². The monoisotopic (exact) mass is 337 g/mol. The van der Waals surface area contributed by atoms with Crippen molar-refractivity contribution >= 4 is 27.5 Å². The van der Waals surface area contributed by atoms with Crippen LogP contribution >= 0.6 is 15.9 Å². The summed E-state index contributed by atoms with van der Waals surface area (Å²) in [6.07, 6.45) is 1.70. The normalized spacial score (nSPS) is 10.3. The molecule has 1 aromatic carbocycles. The maximum absolute atomic E-state index is 13.2. The van der Waals surface area contributed by atoms with Gasteiger partial charge < -0.3 is 11.1 Å². The van der Waals surface area contributed by atoms with Crippen molar-refractivity contribution < 1.29 is 9.18 Å². The highest BCUT2D eigenvalue weighted by atomic mass is 79.9. The number of hydrogen-bond donors (Lipinski definition) is 2. The molecular weight excluding hydrogens is 325 g/mol. The predicted molar refractivity (Wildman–Crippen MR) is 78.7 cm³/mol. The summed E-state index contributed by atoms with van der Waals surface area (Å²) in [5.41, 5.74) is 7.50. The molecule has 2 rings (SSSR count). The molecule has 0 aliphatic rings. The van der Waals surface area contributed by atoms with E-state index in [0.29, 0.717) is 16.6 Å². The lowest BCUT2D eigenvalue weighted by Crippen LogP contribution is -2.23. The second-order valence-corrected chi connectivity index (χ2v) is 5.20. The van der Waals surface area contributed by atoms with Crippen molar-refractivity contribution in [3.8, 4) is 0 Å². The van der Waals surface area contributed by atoms with Crippen LogP contribution in [0.3, 0.4) is 0 Å². The molecule has 1 heterocycles. The average Bonchev–Trinajstić information content (AvgIpc) is 2.42. The van der Waals surface area contributed by atoms with Gasteiger partial charge in [0.2, 0.25) is 0 Å². The number of nitrogens with one attached hydrogen (secondary N) is 1. The maximum atomic E-state index is 13.2. The van der Waals surface area contributed by atoms with Crippen LogP contribution < -0.4 is 11.1 Å². The predicted octanol–water partition coefficient (Wildman–Crippen LogP) is 2.80. The zero-order valence-corrected chi connectivity index (χ0v) is 12.4. The minimum atomic E-state index is -0.559. The largest absolute Gasteiger partial charge is 0.396 e. The Morgan fingerprint density at radius 3 is 2.85 bits per heavy atom. The Morgan fingerprint density at radius 2 is 2.20 bits per heavy atom. The molecule has 0 fully saturated rings. The Labute approximate surface area is 124 Å². The van der Waals surface area contributed by atoms with Crippen molar-refractivity contribution in [1.82, 2.24) is 10.3 Å². The van der Waals surface area contributed by atoms with E-state index in [1.807, 2.05) is 19.1 Å². The summed E-state index contributed by atoms with van der Waals surface area (Å²) in [5, 5.41) is 2.74. The van der Waals surface area contributed by atoms with Gasteiger partial charge in [0.05, 0.1) is 11.3 Å². The Kier molecular flexibility index (Phi) is 4.34. The minimum absolute atomic E-state index is 0.0599. The molecule has 2 aromatic rings. The van der Waals surface area contributed by atoms with Crippen LogP contribution in [0.2, 0.25) is 0 Å². The van der Waals surface area contributed by atoms with Crippen LogP contribution in [0.1, 0.15) is 21.6 Å². The standard InChI is InChI=1S/C14H13BrFN3O/c1-8-2-3-9(6-18-8)7-19-14(20)10-4-13(17)12(16)5-11(10)15/h2-6H,7,17H2,1H3,(H,19,20). The van der Waals surface area contributed by atoms with Crippen LogP contribution in [0.15, 0.2) is 34.9 Å². The molecule has 0 bridgehead atoms. The number of nitrogens with two attached hydrogens (primary N) is 1. The Morgan fingerprint density at radius 1 is 1.45 bits per heavy atom. The molecule has 4 nitrogen and oxygen atoms in total. The lowest BCUT2D eigenvalue weighted by atomic mass is 10.1. The second-order valence-electron chi connectivity index (χ2n) is 4.34. The average molecular weight is 338 g/mol. The third-order valence-corrected chi connectivity index (χ3v) is 3.41. The fourth-order valence-electron chi connectivity index (χ4n) is 1.62. The lowest BCUT2D eigenvalue weighted by Gasteiger charge is -2.08. The van der Waals surface area contributed by atoms with Gasteiger partial charge in [-0.3, -0.25) is 9.78 Å². The Hall–Kier alpha value is -1.95. The first-order chi connectivity index (χ1) is 9.47. The molecule has 0 atom stereocenters. The number of amides is 1. The molecule has 20 heavy (non-hydrogen) atoms. The zero-order chi connectivity index (χ0) is 14.7. The first-order valence-corrected chi connectivity index (χ1v) is 6.71. The molecule has 0 radical (unpaired) electrons. The smallest absolute Gasteiger partial charge is 0.252 e. The van der Waals surface area contributed by atoms with Crippen LogP contribution in [-0.4, -0.2) is 10.9 Å². The zero-order valence-electron chi connectivity index (χ0n) is 10.8. The highest BCUT2D eigenvalue weighted by Crippen LogP contribution is 2.22. The van der Waals surface area contributed by atoms with Gasteiger partial charge in [-0.05, 0) is 46.6 Å². The van der Waals surface area contributed by atoms with Crippen LogP contribution in [-0.2, 0) is 6.54 Å². The Bertz CT molecular complexity index is 644. The van der Waals surface area contributed by atoms with Gasteiger partial charge in [0, 0.05) is 22.9 Å². The van der Waals surface area contributed by atoms with Crippen molar-refractivity contribution in [3.63, 3.8) is 0 Å². The highest BCUT2D eigenvalue weighted by Gasteiger charge is 2.13. The Balaban J connectivity index is 2.09. The number of anilines is 1. The number of benzene rings is 1. The highest BCUT2D eigenvalue weighted by molar-refractivity contribution is 9.10. The number of halogens is 2. The van der Waals surface area contributed by atoms with Gasteiger partial charge in [0.1, 0.15) is 5.82 Å². The number of aromatic nitrogens is 1. The number of hydrogen-bond acceptors (Lipinski definition) is 3. The fraction of sp³-hybridized carbons (Fsp3) is 0.143. The molecule has 104 valence electrons. The number of carbonyl (C=O) groups excluding carboxylic acids is 1. The molecule has 0 aliphatic heterocycles. The van der Waals surface area contributed by atoms with Gasteiger partial charge in [-0.25, -0.2) is 4.39 Å². The van der Waals surface area contributed by atoms with E-state index in [0.717, 1.165) is 11.3 Å². The van der Waals surface area contributed by atoms with Crippen molar-refractivity contribution in [2.75, 3.05) is 5.73 Å². The van der Waals surface area contributed by atoms with E-state index in [-0.39, 0.29) is 11.6 Å². The molecule has 0 saturated heterocycles. The molecule has 6 heteroatoms. The van der Waals surface area contributed by atoms with E-state index >= 15 is 0 Å². The van der Waals surface area contributed by atoms with Gasteiger partial charge in [-0.15, -0.1) is 0 Å². The van der Waals surface area contributed by atoms with E-state index in [2.05, 4.69) is 26.2 Å². The summed E-state index contributed by atoms with van der Waals surface area (Å²) >= 11 is 3.15. The van der Waals surface area contributed by atoms with Crippen LogP contribution in [0, 0.1) is 12.7 Å². The van der Waals surface area contributed by atoms with Gasteiger partial charge in [-0.2, -0.15) is 0 Å².